The SMILES string of the molecule is O=[N+]([O-])c1cc(C(F)(F)F)c(Nc2ccc(S(=O)(=O)C(F)(F)F)cc2)c(C(F)(F)F)c1. The second-order valence-corrected chi connectivity index (χ2v) is 7.71. The number of nitro benzene ring substituents is 1. The highest BCUT2D eigenvalue weighted by molar-refractivity contribution is 7.92. The molecule has 1 N–H and O–H groups in total. The fourth-order valence-corrected chi connectivity index (χ4v) is 3.07. The third-order valence-corrected chi connectivity index (χ3v) is 5.19. The van der Waals surface area contributed by atoms with E-state index in [1.807, 2.05) is 0 Å². The van der Waals surface area contributed by atoms with Gasteiger partial charge in [0.25, 0.3) is 15.5 Å². The van der Waals surface area contributed by atoms with Gasteiger partial charge in [-0.3, -0.25) is 10.1 Å². The monoisotopic (exact) mass is 482 g/mol. The van der Waals surface area contributed by atoms with Crippen LogP contribution in [0.3, 0.4) is 0 Å². The number of benzene rings is 2. The summed E-state index contributed by atoms with van der Waals surface area (Å²) in [5.41, 5.74) is -13.6. The number of anilines is 2. The molecule has 0 saturated carbocycles. The summed E-state index contributed by atoms with van der Waals surface area (Å²) in [5.74, 6) is 0. The van der Waals surface area contributed by atoms with Crippen LogP contribution < -0.4 is 5.32 Å². The molecule has 0 radical (unpaired) electrons. The zero-order chi connectivity index (χ0) is 24.0. The van der Waals surface area contributed by atoms with Crippen LogP contribution in [0, 0.1) is 10.1 Å². The first kappa shape index (κ1) is 24.2. The van der Waals surface area contributed by atoms with Gasteiger partial charge in [-0.05, 0) is 24.3 Å². The van der Waals surface area contributed by atoms with Gasteiger partial charge in [-0.15, -0.1) is 0 Å². The Balaban J connectivity index is 2.65. The van der Waals surface area contributed by atoms with Crippen LogP contribution in [0.2, 0.25) is 0 Å². The van der Waals surface area contributed by atoms with Crippen LogP contribution in [-0.4, -0.2) is 18.8 Å². The van der Waals surface area contributed by atoms with Crippen LogP contribution in [0.25, 0.3) is 0 Å². The van der Waals surface area contributed by atoms with E-state index in [1.165, 1.54) is 0 Å². The van der Waals surface area contributed by atoms with Gasteiger partial charge in [0, 0.05) is 17.8 Å². The number of rotatable bonds is 4. The minimum Gasteiger partial charge on any atom is -0.355 e. The van der Waals surface area contributed by atoms with E-state index in [0.717, 1.165) is 0 Å². The molecule has 16 heteroatoms. The molecule has 0 aliphatic carbocycles. The fourth-order valence-electron chi connectivity index (χ4n) is 2.31. The Morgan fingerprint density at radius 1 is 0.806 bits per heavy atom. The molecule has 0 atom stereocenters. The molecule has 0 amide bonds. The summed E-state index contributed by atoms with van der Waals surface area (Å²) in [7, 11) is -5.81. The van der Waals surface area contributed by atoms with Gasteiger partial charge in [0.1, 0.15) is 0 Å². The van der Waals surface area contributed by atoms with Crippen molar-refractivity contribution >= 4 is 26.9 Å². The van der Waals surface area contributed by atoms with Crippen molar-refractivity contribution in [2.45, 2.75) is 22.8 Å². The van der Waals surface area contributed by atoms with Gasteiger partial charge in [-0.25, -0.2) is 8.42 Å². The Morgan fingerprint density at radius 2 is 1.23 bits per heavy atom. The van der Waals surface area contributed by atoms with Crippen molar-refractivity contribution in [3.8, 4) is 0 Å². The zero-order valence-electron chi connectivity index (χ0n) is 14.4. The van der Waals surface area contributed by atoms with Crippen LogP contribution in [0.15, 0.2) is 41.3 Å². The molecule has 6 nitrogen and oxygen atoms in total. The summed E-state index contributed by atoms with van der Waals surface area (Å²) < 4.78 is 140. The van der Waals surface area contributed by atoms with Crippen molar-refractivity contribution in [3.05, 3.63) is 57.6 Å². The lowest BCUT2D eigenvalue weighted by molar-refractivity contribution is -0.385. The standard InChI is InChI=1S/C15H7F9N2O4S/c16-13(17,18)10-5-8(26(27)28)6-11(14(19,20)21)12(10)25-7-1-3-9(4-2-7)31(29,30)15(22,23)24/h1-6,25H. The summed E-state index contributed by atoms with van der Waals surface area (Å²) in [6.07, 6.45) is -11.0. The number of non-ortho nitro benzene ring substituents is 1. The Labute approximate surface area is 166 Å². The van der Waals surface area contributed by atoms with E-state index in [2.05, 4.69) is 0 Å². The smallest absolute Gasteiger partial charge is 0.355 e. The molecule has 0 heterocycles. The predicted molar refractivity (Wildman–Crippen MR) is 86.1 cm³/mol. The Morgan fingerprint density at radius 3 is 1.55 bits per heavy atom. The van der Waals surface area contributed by atoms with Crippen molar-refractivity contribution in [1.82, 2.24) is 0 Å². The van der Waals surface area contributed by atoms with E-state index in [4.69, 9.17) is 0 Å². The molecule has 2 rings (SSSR count). The van der Waals surface area contributed by atoms with Gasteiger partial charge < -0.3 is 5.32 Å². The summed E-state index contributed by atoms with van der Waals surface area (Å²) in [5, 5.41) is 12.4. The molecule has 0 aliphatic rings. The van der Waals surface area contributed by atoms with Crippen LogP contribution in [0.5, 0.6) is 0 Å². The lowest BCUT2D eigenvalue weighted by atomic mass is 10.0. The number of alkyl halides is 9. The van der Waals surface area contributed by atoms with Gasteiger partial charge in [0.05, 0.1) is 26.6 Å². The van der Waals surface area contributed by atoms with Gasteiger partial charge in [0.15, 0.2) is 0 Å². The van der Waals surface area contributed by atoms with E-state index in [0.29, 0.717) is 24.3 Å². The minimum atomic E-state index is -5.81. The first-order chi connectivity index (χ1) is 13.9. The average molecular weight is 482 g/mol. The fraction of sp³-hybridized carbons (Fsp3) is 0.200. The predicted octanol–water partition coefficient (Wildman–Crippen LogP) is 5.67. The number of halogens is 9. The highest BCUT2D eigenvalue weighted by Crippen LogP contribution is 2.46. The van der Waals surface area contributed by atoms with E-state index in [9.17, 15) is 58.0 Å². The molecule has 0 unspecified atom stereocenters. The number of nitrogens with zero attached hydrogens (tertiary/aromatic N) is 1. The lowest BCUT2D eigenvalue weighted by Crippen LogP contribution is -2.23. The highest BCUT2D eigenvalue weighted by atomic mass is 32.2. The van der Waals surface area contributed by atoms with Crippen molar-refractivity contribution in [2.24, 2.45) is 0 Å². The minimum absolute atomic E-state index is 0.153. The second kappa shape index (κ2) is 7.58. The van der Waals surface area contributed by atoms with E-state index in [-0.39, 0.29) is 12.1 Å². The van der Waals surface area contributed by atoms with Crippen LogP contribution in [-0.2, 0) is 22.2 Å². The van der Waals surface area contributed by atoms with Crippen LogP contribution in [0.1, 0.15) is 11.1 Å². The van der Waals surface area contributed by atoms with Crippen molar-refractivity contribution in [2.75, 3.05) is 5.32 Å². The topological polar surface area (TPSA) is 89.3 Å². The number of nitrogens with one attached hydrogen (secondary N) is 1. The molecule has 2 aromatic carbocycles. The maximum atomic E-state index is 13.3. The van der Waals surface area contributed by atoms with Crippen molar-refractivity contribution in [1.29, 1.82) is 0 Å². The van der Waals surface area contributed by atoms with E-state index in [1.54, 1.807) is 5.32 Å². The van der Waals surface area contributed by atoms with Gasteiger partial charge in [-0.2, -0.15) is 39.5 Å². The molecule has 2 aromatic rings. The van der Waals surface area contributed by atoms with Crippen LogP contribution in [0.4, 0.5) is 56.6 Å². The maximum Gasteiger partial charge on any atom is 0.501 e. The summed E-state index contributed by atoms with van der Waals surface area (Å²) in [6.45, 7) is 0. The molecule has 0 aromatic heterocycles. The Hall–Kier alpha value is -3.04. The van der Waals surface area contributed by atoms with Crippen molar-refractivity contribution in [3.63, 3.8) is 0 Å². The third-order valence-electron chi connectivity index (χ3n) is 3.68. The molecule has 0 spiro atoms. The Kier molecular flexibility index (Phi) is 5.92. The van der Waals surface area contributed by atoms with E-state index < -0.39 is 65.7 Å². The normalized spacial score (nSPS) is 13.2. The summed E-state index contributed by atoms with van der Waals surface area (Å²) in [6, 6.07) is 1.33. The van der Waals surface area contributed by atoms with E-state index >= 15 is 0 Å². The zero-order valence-corrected chi connectivity index (χ0v) is 15.2. The summed E-state index contributed by atoms with van der Waals surface area (Å²) in [4.78, 5) is 7.97. The lowest BCUT2D eigenvalue weighted by Gasteiger charge is -2.20. The van der Waals surface area contributed by atoms with Gasteiger partial charge in [0.2, 0.25) is 0 Å². The number of sulfone groups is 1. The maximum absolute atomic E-state index is 13.3. The quantitative estimate of drug-likeness (QED) is 0.345. The first-order valence-electron chi connectivity index (χ1n) is 7.51. The first-order valence-corrected chi connectivity index (χ1v) is 8.99. The molecule has 0 aliphatic heterocycles. The number of nitro groups is 1. The molecule has 0 fully saturated rings. The molecular weight excluding hydrogens is 475 g/mol. The highest BCUT2D eigenvalue weighted by Gasteiger charge is 2.47. The number of hydrogen-bond acceptors (Lipinski definition) is 5. The van der Waals surface area contributed by atoms with Crippen LogP contribution >= 0.6 is 0 Å². The van der Waals surface area contributed by atoms with Crippen molar-refractivity contribution < 1.29 is 52.9 Å². The largest absolute Gasteiger partial charge is 0.501 e. The van der Waals surface area contributed by atoms with Gasteiger partial charge >= 0.3 is 17.9 Å². The van der Waals surface area contributed by atoms with Gasteiger partial charge in [-0.1, -0.05) is 0 Å². The second-order valence-electron chi connectivity index (χ2n) is 5.77. The Bertz CT molecular complexity index is 1070. The molecule has 31 heavy (non-hydrogen) atoms. The number of hydrogen-bond donors (Lipinski definition) is 1. The molecule has 170 valence electrons. The average Bonchev–Trinajstić information content (AvgIpc) is 2.59. The summed E-state index contributed by atoms with van der Waals surface area (Å²) >= 11 is 0. The molecule has 0 saturated heterocycles. The molecular formula is C15H7F9N2O4S. The third kappa shape index (κ3) is 5.00. The molecule has 0 bridgehead atoms.